The molecule has 0 fully saturated rings. The molecule has 4 heteroatoms. The maximum atomic E-state index is 10.6. The van der Waals surface area contributed by atoms with Gasteiger partial charge in [-0.3, -0.25) is 0 Å². The molecule has 0 aromatic rings. The third kappa shape index (κ3) is 1.83. The Kier molecular flexibility index (Phi) is 2.34. The van der Waals surface area contributed by atoms with Gasteiger partial charge in [-0.1, -0.05) is 15.9 Å². The molecule has 0 bridgehead atoms. The number of halogens is 1. The molecule has 1 aliphatic heterocycles. The molecule has 0 spiro atoms. The average molecular weight is 218 g/mol. The van der Waals surface area contributed by atoms with E-state index in [0.717, 1.165) is 0 Å². The first-order chi connectivity index (χ1) is 5.11. The van der Waals surface area contributed by atoms with Crippen LogP contribution in [0.15, 0.2) is 22.3 Å². The minimum Gasteiger partial charge on any atom is -0.478 e. The molecule has 0 saturated carbocycles. The van der Waals surface area contributed by atoms with E-state index in [2.05, 4.69) is 15.9 Å². The van der Waals surface area contributed by atoms with Crippen molar-refractivity contribution in [2.45, 2.75) is 0 Å². The Bertz CT molecular complexity index is 245. The van der Waals surface area contributed by atoms with E-state index < -0.39 is 5.97 Å². The zero-order valence-electron chi connectivity index (χ0n) is 6.04. The van der Waals surface area contributed by atoms with Gasteiger partial charge in [-0.25, -0.2) is 4.79 Å². The maximum Gasteiger partial charge on any atom is 0.334 e. The van der Waals surface area contributed by atoms with Crippen molar-refractivity contribution < 1.29 is 9.90 Å². The molecule has 0 radical (unpaired) electrons. The predicted octanol–water partition coefficient (Wildman–Crippen LogP) is 1.18. The molecule has 0 aromatic carbocycles. The molecule has 0 unspecified atom stereocenters. The van der Waals surface area contributed by atoms with Gasteiger partial charge in [0, 0.05) is 17.7 Å². The molecule has 0 aliphatic carbocycles. The summed E-state index contributed by atoms with van der Waals surface area (Å²) in [6.07, 6.45) is 3.56. The molecular weight excluding hydrogens is 210 g/mol. The van der Waals surface area contributed by atoms with E-state index in [0.29, 0.717) is 16.6 Å². The Morgan fingerprint density at radius 1 is 1.82 bits per heavy atom. The van der Waals surface area contributed by atoms with E-state index in [1.807, 2.05) is 18.1 Å². The Labute approximate surface area is 73.1 Å². The van der Waals surface area contributed by atoms with Gasteiger partial charge in [0.25, 0.3) is 0 Å². The van der Waals surface area contributed by atoms with Crippen LogP contribution in [0.25, 0.3) is 0 Å². The Balaban J connectivity index is 2.90. The lowest BCUT2D eigenvalue weighted by molar-refractivity contribution is -0.132. The summed E-state index contributed by atoms with van der Waals surface area (Å²) in [6, 6.07) is 0. The number of carboxylic acid groups (broad SMARTS) is 1. The van der Waals surface area contributed by atoms with Crippen molar-refractivity contribution in [2.24, 2.45) is 0 Å². The maximum absolute atomic E-state index is 10.6. The standard InChI is InChI=1S/C7H8BrNO2/c1-9-3-2-6(8)5(4-9)7(10)11/h2-3H,4H2,1H3,(H,10,11). The zero-order valence-corrected chi connectivity index (χ0v) is 7.63. The van der Waals surface area contributed by atoms with Crippen LogP contribution in [0.1, 0.15) is 0 Å². The summed E-state index contributed by atoms with van der Waals surface area (Å²) in [5.74, 6) is -0.868. The van der Waals surface area contributed by atoms with E-state index in [9.17, 15) is 4.79 Å². The van der Waals surface area contributed by atoms with E-state index >= 15 is 0 Å². The number of rotatable bonds is 1. The number of likely N-dealkylation sites (N-methyl/N-ethyl adjacent to an activating group) is 1. The van der Waals surface area contributed by atoms with Crippen LogP contribution in [-0.4, -0.2) is 29.6 Å². The van der Waals surface area contributed by atoms with Gasteiger partial charge in [0.05, 0.1) is 12.1 Å². The number of hydrogen-bond acceptors (Lipinski definition) is 2. The Morgan fingerprint density at radius 2 is 2.45 bits per heavy atom. The fourth-order valence-corrected chi connectivity index (χ4v) is 1.25. The predicted molar refractivity (Wildman–Crippen MR) is 45.4 cm³/mol. The minimum atomic E-state index is -0.868. The number of nitrogens with zero attached hydrogens (tertiary/aromatic N) is 1. The van der Waals surface area contributed by atoms with Crippen molar-refractivity contribution in [3.8, 4) is 0 Å². The van der Waals surface area contributed by atoms with Crippen molar-refractivity contribution in [1.29, 1.82) is 0 Å². The number of carboxylic acids is 1. The lowest BCUT2D eigenvalue weighted by atomic mass is 10.2. The van der Waals surface area contributed by atoms with Gasteiger partial charge in [0.1, 0.15) is 0 Å². The van der Waals surface area contributed by atoms with Gasteiger partial charge in [0.15, 0.2) is 0 Å². The largest absolute Gasteiger partial charge is 0.478 e. The van der Waals surface area contributed by atoms with Gasteiger partial charge in [-0.05, 0) is 6.08 Å². The number of carbonyl (C=O) groups is 1. The van der Waals surface area contributed by atoms with Gasteiger partial charge >= 0.3 is 5.97 Å². The molecule has 3 nitrogen and oxygen atoms in total. The molecule has 60 valence electrons. The normalized spacial score (nSPS) is 17.5. The second-order valence-corrected chi connectivity index (χ2v) is 3.22. The third-order valence-corrected chi connectivity index (χ3v) is 2.17. The highest BCUT2D eigenvalue weighted by atomic mass is 79.9. The summed E-state index contributed by atoms with van der Waals surface area (Å²) >= 11 is 3.17. The van der Waals surface area contributed by atoms with Crippen molar-refractivity contribution in [3.63, 3.8) is 0 Å². The van der Waals surface area contributed by atoms with E-state index in [-0.39, 0.29) is 0 Å². The average Bonchev–Trinajstić information content (AvgIpc) is 1.94. The van der Waals surface area contributed by atoms with Crippen molar-refractivity contribution in [1.82, 2.24) is 4.90 Å². The number of hydrogen-bond donors (Lipinski definition) is 1. The first-order valence-electron chi connectivity index (χ1n) is 3.11. The summed E-state index contributed by atoms with van der Waals surface area (Å²) in [5, 5.41) is 8.68. The molecule has 0 saturated heterocycles. The highest BCUT2D eigenvalue weighted by Gasteiger charge is 2.15. The third-order valence-electron chi connectivity index (χ3n) is 1.43. The summed E-state index contributed by atoms with van der Waals surface area (Å²) < 4.78 is 0.656. The van der Waals surface area contributed by atoms with Gasteiger partial charge < -0.3 is 10.0 Å². The summed E-state index contributed by atoms with van der Waals surface area (Å²) in [5.41, 5.74) is 0.398. The lowest BCUT2D eigenvalue weighted by Gasteiger charge is -2.18. The van der Waals surface area contributed by atoms with Crippen LogP contribution < -0.4 is 0 Å². The summed E-state index contributed by atoms with van der Waals surface area (Å²) in [7, 11) is 1.83. The van der Waals surface area contributed by atoms with E-state index in [4.69, 9.17) is 5.11 Å². The number of allylic oxidation sites excluding steroid dienone is 2. The fourth-order valence-electron chi connectivity index (χ4n) is 0.841. The molecule has 11 heavy (non-hydrogen) atoms. The van der Waals surface area contributed by atoms with Crippen molar-refractivity contribution in [3.05, 3.63) is 22.3 Å². The van der Waals surface area contributed by atoms with Crippen LogP contribution in [-0.2, 0) is 4.79 Å². The van der Waals surface area contributed by atoms with Crippen molar-refractivity contribution >= 4 is 21.9 Å². The molecule has 0 aromatic heterocycles. The van der Waals surface area contributed by atoms with E-state index in [1.165, 1.54) is 0 Å². The molecular formula is C7H8BrNO2. The number of aliphatic carboxylic acids is 1. The van der Waals surface area contributed by atoms with Crippen LogP contribution in [0.3, 0.4) is 0 Å². The molecule has 1 heterocycles. The molecule has 1 N–H and O–H groups in total. The Morgan fingerprint density at radius 3 is 2.91 bits per heavy atom. The fraction of sp³-hybridized carbons (Fsp3) is 0.286. The van der Waals surface area contributed by atoms with Gasteiger partial charge in [0.2, 0.25) is 0 Å². The lowest BCUT2D eigenvalue weighted by Crippen LogP contribution is -2.22. The summed E-state index contributed by atoms with van der Waals surface area (Å²) in [4.78, 5) is 12.4. The van der Waals surface area contributed by atoms with Crippen LogP contribution in [0.4, 0.5) is 0 Å². The highest BCUT2D eigenvalue weighted by Crippen LogP contribution is 2.19. The molecule has 0 amide bonds. The quantitative estimate of drug-likeness (QED) is 0.718. The highest BCUT2D eigenvalue weighted by molar-refractivity contribution is 9.11. The minimum absolute atomic E-state index is 0.398. The van der Waals surface area contributed by atoms with Crippen molar-refractivity contribution in [2.75, 3.05) is 13.6 Å². The van der Waals surface area contributed by atoms with Crippen LogP contribution in [0.5, 0.6) is 0 Å². The molecule has 1 rings (SSSR count). The first kappa shape index (κ1) is 8.33. The molecule has 1 aliphatic rings. The first-order valence-corrected chi connectivity index (χ1v) is 3.91. The van der Waals surface area contributed by atoms with Gasteiger partial charge in [-0.2, -0.15) is 0 Å². The second kappa shape index (κ2) is 3.09. The monoisotopic (exact) mass is 217 g/mol. The van der Waals surface area contributed by atoms with Crippen LogP contribution >= 0.6 is 15.9 Å². The Hall–Kier alpha value is -0.770. The smallest absolute Gasteiger partial charge is 0.334 e. The van der Waals surface area contributed by atoms with Crippen LogP contribution in [0, 0.1) is 0 Å². The van der Waals surface area contributed by atoms with E-state index in [1.54, 1.807) is 6.08 Å². The summed E-state index contributed by atoms with van der Waals surface area (Å²) in [6.45, 7) is 0.451. The van der Waals surface area contributed by atoms with Gasteiger partial charge in [-0.15, -0.1) is 0 Å². The SMILES string of the molecule is CN1C=CC(Br)=C(C(=O)O)C1. The second-order valence-electron chi connectivity index (χ2n) is 2.36. The topological polar surface area (TPSA) is 40.5 Å². The van der Waals surface area contributed by atoms with Crippen LogP contribution in [0.2, 0.25) is 0 Å². The molecule has 0 atom stereocenters. The zero-order chi connectivity index (χ0) is 8.43.